The number of Topliss-reactive ketones (excluding diaryl/α,β-unsaturated/α-hetero) is 1. The molecule has 0 heterocycles. The van der Waals surface area contributed by atoms with E-state index >= 15 is 0 Å². The second-order valence-corrected chi connectivity index (χ2v) is 13.1. The van der Waals surface area contributed by atoms with E-state index < -0.39 is 29.1 Å². The van der Waals surface area contributed by atoms with Crippen LogP contribution in [0.2, 0.25) is 0 Å². The summed E-state index contributed by atoms with van der Waals surface area (Å²) in [7, 11) is 0. The van der Waals surface area contributed by atoms with Gasteiger partial charge in [0.15, 0.2) is 6.10 Å². The molecule has 7 nitrogen and oxygen atoms in total. The van der Waals surface area contributed by atoms with Crippen molar-refractivity contribution in [3.63, 3.8) is 0 Å². The fourth-order valence-electron chi connectivity index (χ4n) is 3.74. The first-order valence-corrected chi connectivity index (χ1v) is 14.3. The normalized spacial score (nSPS) is 13.0. The Morgan fingerprint density at radius 3 is 1.93 bits per heavy atom. The number of rotatable bonds is 9. The maximum absolute atomic E-state index is 13.7. The number of thiol groups is 2. The molecule has 0 radical (unpaired) electrons. The van der Waals surface area contributed by atoms with Gasteiger partial charge in [-0.1, -0.05) is 65.3 Å². The lowest BCUT2D eigenvalue weighted by molar-refractivity contribution is -0.144. The van der Waals surface area contributed by atoms with Crippen LogP contribution in [0.5, 0.6) is 11.5 Å². The highest BCUT2D eigenvalue weighted by molar-refractivity contribution is 7.81. The maximum Gasteiger partial charge on any atom is 0.318 e. The number of benzene rings is 2. The number of carbonyl (C=O) groups excluding carboxylic acids is 2. The summed E-state index contributed by atoms with van der Waals surface area (Å²) in [5, 5.41) is 18.2. The van der Waals surface area contributed by atoms with Crippen molar-refractivity contribution in [3.8, 4) is 11.5 Å². The number of phenolic OH excluding ortho intramolecular Hbond substituents is 1. The second kappa shape index (κ2) is 14.8. The van der Waals surface area contributed by atoms with Crippen molar-refractivity contribution >= 4 is 43.0 Å². The standard InChI is InChI=1S/C28H38O5S.C3H6O2S/c1-16-10-11-22(20(13-16)27(4,5)6)33-23(15-32-26(31)18(3)34)25(30)19-12-17(2)14-21(24(19)29)28(7,8)9;4-3(5)1-2-6/h10-14,18,23,29,34H,15H2,1-9H3;6H,1-2H2,(H,4,5). The number of ketones is 1. The third kappa shape index (κ3) is 10.7. The highest BCUT2D eigenvalue weighted by Crippen LogP contribution is 2.36. The Bertz CT molecular complexity index is 1190. The van der Waals surface area contributed by atoms with Crippen molar-refractivity contribution in [1.82, 2.24) is 0 Å². The minimum Gasteiger partial charge on any atom is -0.507 e. The summed E-state index contributed by atoms with van der Waals surface area (Å²) in [5.74, 6) is -0.902. The molecule has 2 aromatic carbocycles. The number of carbonyl (C=O) groups is 3. The number of carboxylic acids is 1. The molecule has 0 aromatic heterocycles. The van der Waals surface area contributed by atoms with Gasteiger partial charge in [0.2, 0.25) is 5.78 Å². The molecule has 0 bridgehead atoms. The zero-order valence-corrected chi connectivity index (χ0v) is 26.8. The molecule has 2 rings (SSSR count). The Morgan fingerprint density at radius 1 is 0.925 bits per heavy atom. The van der Waals surface area contributed by atoms with Crippen LogP contribution < -0.4 is 4.74 Å². The van der Waals surface area contributed by atoms with E-state index in [1.54, 1.807) is 13.0 Å². The van der Waals surface area contributed by atoms with Gasteiger partial charge in [0.25, 0.3) is 0 Å². The number of aliphatic carboxylic acids is 1. The molecular formula is C31H44O7S2. The van der Waals surface area contributed by atoms with Crippen LogP contribution in [0.15, 0.2) is 30.3 Å². The molecule has 0 aliphatic carbocycles. The van der Waals surface area contributed by atoms with Gasteiger partial charge < -0.3 is 19.7 Å². The molecule has 0 aliphatic rings. The van der Waals surface area contributed by atoms with Gasteiger partial charge in [-0.05, 0) is 54.9 Å². The molecule has 0 fully saturated rings. The Morgan fingerprint density at radius 2 is 1.48 bits per heavy atom. The first-order valence-electron chi connectivity index (χ1n) is 13.1. The van der Waals surface area contributed by atoms with E-state index in [1.807, 2.05) is 58.9 Å². The van der Waals surface area contributed by atoms with Gasteiger partial charge >= 0.3 is 11.9 Å². The zero-order valence-electron chi connectivity index (χ0n) is 25.0. The van der Waals surface area contributed by atoms with E-state index in [4.69, 9.17) is 14.6 Å². The first kappa shape index (κ1) is 35.4. The Labute approximate surface area is 249 Å². The van der Waals surface area contributed by atoms with Crippen molar-refractivity contribution in [3.05, 3.63) is 58.1 Å². The van der Waals surface area contributed by atoms with Crippen LogP contribution in [0.1, 0.15) is 87.5 Å². The first-order chi connectivity index (χ1) is 18.3. The molecule has 222 valence electrons. The minimum absolute atomic E-state index is 0.0782. The predicted molar refractivity (Wildman–Crippen MR) is 166 cm³/mol. The Kier molecular flexibility index (Phi) is 13.1. The van der Waals surface area contributed by atoms with E-state index in [0.717, 1.165) is 16.7 Å². The molecule has 40 heavy (non-hydrogen) atoms. The van der Waals surface area contributed by atoms with Crippen LogP contribution in [0.25, 0.3) is 0 Å². The van der Waals surface area contributed by atoms with Crippen LogP contribution in [0.4, 0.5) is 0 Å². The molecule has 2 aromatic rings. The SMILES string of the molecule is Cc1ccc(OC(COC(=O)C(C)S)C(=O)c2cc(C)cc(C(C)(C)C)c2O)c(C(C)(C)C)c1.O=C(O)CCS. The molecular weight excluding hydrogens is 548 g/mol. The fourth-order valence-corrected chi connectivity index (χ4v) is 4.00. The number of phenols is 1. The van der Waals surface area contributed by atoms with E-state index in [-0.39, 0.29) is 35.2 Å². The summed E-state index contributed by atoms with van der Waals surface area (Å²) in [4.78, 5) is 35.4. The summed E-state index contributed by atoms with van der Waals surface area (Å²) in [6.07, 6.45) is -0.983. The monoisotopic (exact) mass is 592 g/mol. The highest BCUT2D eigenvalue weighted by atomic mass is 32.1. The third-order valence-electron chi connectivity index (χ3n) is 5.88. The fraction of sp³-hybridized carbons (Fsp3) is 0.516. The van der Waals surface area contributed by atoms with Gasteiger partial charge in [-0.25, -0.2) is 0 Å². The number of carboxylic acid groups (broad SMARTS) is 1. The van der Waals surface area contributed by atoms with Crippen molar-refractivity contribution in [1.29, 1.82) is 0 Å². The molecule has 9 heteroatoms. The smallest absolute Gasteiger partial charge is 0.318 e. The molecule has 0 aliphatic heterocycles. The summed E-state index contributed by atoms with van der Waals surface area (Å²) < 4.78 is 11.6. The van der Waals surface area contributed by atoms with Crippen molar-refractivity contribution in [2.75, 3.05) is 12.4 Å². The summed E-state index contributed by atoms with van der Waals surface area (Å²) in [6.45, 7) is 17.3. The predicted octanol–water partition coefficient (Wildman–Crippen LogP) is 6.49. The van der Waals surface area contributed by atoms with Crippen molar-refractivity contribution < 1.29 is 34.1 Å². The lowest BCUT2D eigenvalue weighted by Crippen LogP contribution is -2.35. The Hall–Kier alpha value is -2.65. The topological polar surface area (TPSA) is 110 Å². The molecule has 0 amide bonds. The van der Waals surface area contributed by atoms with Crippen molar-refractivity contribution in [2.24, 2.45) is 0 Å². The number of hydrogen-bond donors (Lipinski definition) is 4. The largest absolute Gasteiger partial charge is 0.507 e. The highest BCUT2D eigenvalue weighted by Gasteiger charge is 2.31. The molecule has 0 spiro atoms. The number of aryl methyl sites for hydroxylation is 2. The number of hydrogen-bond acceptors (Lipinski definition) is 8. The number of esters is 1. The lowest BCUT2D eigenvalue weighted by atomic mass is 9.83. The molecule has 2 unspecified atom stereocenters. The van der Waals surface area contributed by atoms with E-state index in [2.05, 4.69) is 46.0 Å². The van der Waals surface area contributed by atoms with Crippen LogP contribution >= 0.6 is 25.3 Å². The quantitative estimate of drug-likeness (QED) is 0.150. The molecule has 2 N–H and O–H groups in total. The van der Waals surface area contributed by atoms with Gasteiger partial charge in [0.1, 0.15) is 18.1 Å². The summed E-state index contributed by atoms with van der Waals surface area (Å²) in [6, 6.07) is 9.29. The number of aromatic hydroxyl groups is 1. The summed E-state index contributed by atoms with van der Waals surface area (Å²) >= 11 is 7.80. The van der Waals surface area contributed by atoms with Crippen LogP contribution in [0.3, 0.4) is 0 Å². The number of ether oxygens (including phenoxy) is 2. The average Bonchev–Trinajstić information content (AvgIpc) is 2.82. The van der Waals surface area contributed by atoms with E-state index in [1.165, 1.54) is 0 Å². The molecule has 0 saturated carbocycles. The van der Waals surface area contributed by atoms with Gasteiger partial charge in [-0.3, -0.25) is 14.4 Å². The molecule has 2 atom stereocenters. The van der Waals surface area contributed by atoms with Crippen LogP contribution in [-0.2, 0) is 25.2 Å². The molecule has 0 saturated heterocycles. The van der Waals surface area contributed by atoms with Gasteiger partial charge in [-0.15, -0.1) is 0 Å². The average molecular weight is 593 g/mol. The van der Waals surface area contributed by atoms with Crippen molar-refractivity contribution in [2.45, 2.75) is 90.9 Å². The van der Waals surface area contributed by atoms with Crippen LogP contribution in [-0.4, -0.2) is 51.6 Å². The summed E-state index contributed by atoms with van der Waals surface area (Å²) in [5.41, 5.74) is 3.05. The van der Waals surface area contributed by atoms with Gasteiger partial charge in [-0.2, -0.15) is 25.3 Å². The third-order valence-corrected chi connectivity index (χ3v) is 6.31. The maximum atomic E-state index is 13.7. The van der Waals surface area contributed by atoms with E-state index in [0.29, 0.717) is 17.1 Å². The van der Waals surface area contributed by atoms with Gasteiger partial charge in [0.05, 0.1) is 17.2 Å². The lowest BCUT2D eigenvalue weighted by Gasteiger charge is -2.27. The second-order valence-electron chi connectivity index (χ2n) is 11.9. The zero-order chi connectivity index (χ0) is 31.0. The van der Waals surface area contributed by atoms with E-state index in [9.17, 15) is 19.5 Å². The Balaban J connectivity index is 0.00000120. The minimum atomic E-state index is -1.14. The van der Waals surface area contributed by atoms with Crippen LogP contribution in [0, 0.1) is 13.8 Å². The van der Waals surface area contributed by atoms with Gasteiger partial charge in [0, 0.05) is 11.3 Å².